The molecule has 12 nitrogen and oxygen atoms in total. The van der Waals surface area contributed by atoms with Gasteiger partial charge in [0.05, 0.1) is 19.3 Å². The second-order valence-electron chi connectivity index (χ2n) is 8.61. The number of nitrogens with zero attached hydrogens (tertiary/aromatic N) is 4. The smallest absolute Gasteiger partial charge is 0.407 e. The van der Waals surface area contributed by atoms with Crippen molar-refractivity contribution in [3.63, 3.8) is 0 Å². The fourth-order valence-corrected chi connectivity index (χ4v) is 4.35. The third-order valence-corrected chi connectivity index (χ3v) is 6.50. The van der Waals surface area contributed by atoms with Gasteiger partial charge in [0.25, 0.3) is 0 Å². The number of hydrogen-bond acceptors (Lipinski definition) is 9. The van der Waals surface area contributed by atoms with Crippen molar-refractivity contribution in [2.24, 2.45) is 0 Å². The van der Waals surface area contributed by atoms with Crippen LogP contribution in [0.15, 0.2) is 29.0 Å². The van der Waals surface area contributed by atoms with E-state index in [1.165, 1.54) is 7.11 Å². The summed E-state index contributed by atoms with van der Waals surface area (Å²) in [5.41, 5.74) is 7.82. The molecule has 0 aliphatic heterocycles. The second-order valence-corrected chi connectivity index (χ2v) is 11.3. The number of halogens is 1. The monoisotopic (exact) mass is 570 g/mol. The average molecular weight is 571 g/mol. The second kappa shape index (κ2) is 10.9. The molecule has 1 atom stereocenters. The highest BCUT2D eigenvalue weighted by atomic mass is 79.9. The summed E-state index contributed by atoms with van der Waals surface area (Å²) >= 11 is 3.43. The number of alkyl carbamates (subject to hydrolysis) is 1. The lowest BCUT2D eigenvalue weighted by Gasteiger charge is -2.19. The molecule has 2 heterocycles. The molecular weight excluding hydrogens is 543 g/mol. The quantitative estimate of drug-likeness (QED) is 0.197. The summed E-state index contributed by atoms with van der Waals surface area (Å²) < 4.78 is 29.6. The number of benzene rings is 1. The molecule has 14 heteroatoms. The van der Waals surface area contributed by atoms with Crippen molar-refractivity contribution in [3.05, 3.63) is 40.1 Å². The Hall–Kier alpha value is -2.73. The molecule has 0 saturated carbocycles. The van der Waals surface area contributed by atoms with Crippen LogP contribution < -0.4 is 15.8 Å². The molecule has 0 fully saturated rings. The molecule has 3 aromatic rings. The van der Waals surface area contributed by atoms with Gasteiger partial charge in [0.15, 0.2) is 21.7 Å². The van der Waals surface area contributed by atoms with Gasteiger partial charge in [-0.05, 0) is 47.8 Å². The Morgan fingerprint density at radius 1 is 1.26 bits per heavy atom. The third-order valence-electron chi connectivity index (χ3n) is 4.56. The zero-order valence-electron chi connectivity index (χ0n) is 19.8. The van der Waals surface area contributed by atoms with Crippen LogP contribution in [0.2, 0.25) is 0 Å². The number of imidazole rings is 1. The molecule has 1 aromatic carbocycles. The van der Waals surface area contributed by atoms with Crippen molar-refractivity contribution in [1.29, 1.82) is 0 Å². The first-order valence-electron chi connectivity index (χ1n) is 10.6. The van der Waals surface area contributed by atoms with E-state index < -0.39 is 19.3 Å². The van der Waals surface area contributed by atoms with Gasteiger partial charge in [-0.15, -0.1) is 0 Å². The maximum absolute atomic E-state index is 11.9. The van der Waals surface area contributed by atoms with Gasteiger partial charge in [-0.3, -0.25) is 9.13 Å². The van der Waals surface area contributed by atoms with E-state index >= 15 is 0 Å². The fourth-order valence-electron chi connectivity index (χ4n) is 3.09. The molecule has 0 saturated heterocycles. The first kappa shape index (κ1) is 26.9. The number of nitrogen functional groups attached to an aromatic ring is 1. The summed E-state index contributed by atoms with van der Waals surface area (Å²) in [6.07, 6.45) is -0.655. The van der Waals surface area contributed by atoms with Crippen LogP contribution in [-0.2, 0) is 26.5 Å². The van der Waals surface area contributed by atoms with E-state index in [9.17, 15) is 14.3 Å². The number of carbonyl (C=O) groups is 1. The van der Waals surface area contributed by atoms with Gasteiger partial charge in [-0.2, -0.15) is 9.97 Å². The number of carbonyl (C=O) groups excluding carboxylic acids is 1. The Bertz CT molecular complexity index is 1260. The molecule has 0 spiro atoms. The van der Waals surface area contributed by atoms with Crippen molar-refractivity contribution in [2.75, 3.05) is 26.0 Å². The first-order valence-corrected chi connectivity index (χ1v) is 13.2. The predicted molar refractivity (Wildman–Crippen MR) is 133 cm³/mol. The Morgan fingerprint density at radius 2 is 1.97 bits per heavy atom. The van der Waals surface area contributed by atoms with E-state index in [-0.39, 0.29) is 31.1 Å². The van der Waals surface area contributed by atoms with E-state index in [0.717, 1.165) is 5.56 Å². The van der Waals surface area contributed by atoms with Gasteiger partial charge in [0.1, 0.15) is 12.2 Å². The highest BCUT2D eigenvalue weighted by Gasteiger charge is 2.20. The summed E-state index contributed by atoms with van der Waals surface area (Å²) in [5.74, 6) is 0.139. The number of aromatic nitrogens is 4. The maximum atomic E-state index is 11.9. The lowest BCUT2D eigenvalue weighted by atomic mass is 10.1. The van der Waals surface area contributed by atoms with Gasteiger partial charge in [0.2, 0.25) is 0 Å². The van der Waals surface area contributed by atoms with E-state index in [1.54, 1.807) is 37.5 Å². The van der Waals surface area contributed by atoms with Crippen LogP contribution in [0.3, 0.4) is 0 Å². The van der Waals surface area contributed by atoms with Gasteiger partial charge < -0.3 is 29.9 Å². The van der Waals surface area contributed by atoms with Crippen LogP contribution in [-0.4, -0.2) is 56.4 Å². The van der Waals surface area contributed by atoms with Gasteiger partial charge >= 0.3 is 19.7 Å². The number of ether oxygens (including phenoxy) is 2. The molecule has 1 amide bonds. The van der Waals surface area contributed by atoms with Crippen molar-refractivity contribution in [3.8, 4) is 6.01 Å². The number of anilines is 1. The Kier molecular flexibility index (Phi) is 8.37. The molecule has 2 aromatic heterocycles. The number of rotatable bonds is 9. The Morgan fingerprint density at radius 3 is 2.66 bits per heavy atom. The van der Waals surface area contributed by atoms with E-state index in [4.69, 9.17) is 15.2 Å². The first-order chi connectivity index (χ1) is 16.4. The molecule has 0 radical (unpaired) electrons. The van der Waals surface area contributed by atoms with Crippen molar-refractivity contribution in [2.45, 2.75) is 39.1 Å². The highest BCUT2D eigenvalue weighted by molar-refractivity contribution is 9.10. The Balaban J connectivity index is 1.74. The number of nitrogens with one attached hydrogen (secondary N) is 1. The van der Waals surface area contributed by atoms with Crippen molar-refractivity contribution in [1.82, 2.24) is 24.8 Å². The van der Waals surface area contributed by atoms with E-state index in [2.05, 4.69) is 40.7 Å². The zero-order valence-corrected chi connectivity index (χ0v) is 22.3. The van der Waals surface area contributed by atoms with E-state index in [1.807, 2.05) is 12.1 Å². The molecule has 0 bridgehead atoms. The fraction of sp³-hybridized carbons (Fsp3) is 0.429. The summed E-state index contributed by atoms with van der Waals surface area (Å²) in [7, 11) is -2.49. The molecule has 35 heavy (non-hydrogen) atoms. The molecule has 1 unspecified atom stereocenters. The summed E-state index contributed by atoms with van der Waals surface area (Å²) in [4.78, 5) is 34.5. The molecule has 3 rings (SSSR count). The lowest BCUT2D eigenvalue weighted by Crippen LogP contribution is -2.34. The topological polar surface area (TPSA) is 164 Å². The van der Waals surface area contributed by atoms with Crippen LogP contribution in [0.25, 0.3) is 11.2 Å². The molecular formula is C21H28BrN6O6P. The predicted octanol–water partition coefficient (Wildman–Crippen LogP) is 3.45. The van der Waals surface area contributed by atoms with Crippen LogP contribution in [0.1, 0.15) is 31.9 Å². The van der Waals surface area contributed by atoms with Crippen LogP contribution in [0, 0.1) is 0 Å². The summed E-state index contributed by atoms with van der Waals surface area (Å²) in [5, 5.41) is 2.59. The van der Waals surface area contributed by atoms with Gasteiger partial charge in [-0.25, -0.2) is 9.78 Å². The van der Waals surface area contributed by atoms with Crippen LogP contribution >= 0.6 is 23.5 Å². The van der Waals surface area contributed by atoms with Gasteiger partial charge in [-0.1, -0.05) is 24.3 Å². The summed E-state index contributed by atoms with van der Waals surface area (Å²) in [6.45, 7) is 5.96. The lowest BCUT2D eigenvalue weighted by molar-refractivity contribution is 0.0519. The van der Waals surface area contributed by atoms with Crippen LogP contribution in [0.4, 0.5) is 10.6 Å². The van der Waals surface area contributed by atoms with Crippen molar-refractivity contribution < 1.29 is 28.3 Å². The minimum atomic E-state index is -3.69. The largest absolute Gasteiger partial charge is 0.461 e. The van der Waals surface area contributed by atoms with E-state index in [0.29, 0.717) is 28.0 Å². The molecule has 190 valence electrons. The summed E-state index contributed by atoms with van der Waals surface area (Å²) in [6, 6.07) is 7.27. The third kappa shape index (κ3) is 7.63. The number of fused-ring (bicyclic) bond motifs is 1. The average Bonchev–Trinajstić information content (AvgIpc) is 3.06. The molecule has 0 aliphatic carbocycles. The standard InChI is InChI=1S/C21H28BrN6O6P/c1-21(2,3)34-20(29)24-8-9-33-19-26-16(23)15-17(27-19)28(18(22)25-15)11-13-6-5-7-14(10-13)12-35(30,31)32-4/h5-7,10H,8-9,11-12H2,1-4H3,(H,24,29)(H,30,31)(H2,23,26,27). The SMILES string of the molecule is COP(=O)(O)Cc1cccc(Cn2c(Br)nc3c(N)nc(OCCNC(=O)OC(C)(C)C)nc32)c1. The Labute approximate surface area is 210 Å². The molecule has 0 aliphatic rings. The maximum Gasteiger partial charge on any atom is 0.407 e. The van der Waals surface area contributed by atoms with Crippen LogP contribution in [0.5, 0.6) is 6.01 Å². The minimum Gasteiger partial charge on any atom is -0.461 e. The number of hydrogen-bond donors (Lipinski definition) is 3. The number of amides is 1. The normalized spacial score (nSPS) is 13.4. The highest BCUT2D eigenvalue weighted by Crippen LogP contribution is 2.44. The molecule has 4 N–H and O–H groups in total. The van der Waals surface area contributed by atoms with Crippen molar-refractivity contribution >= 4 is 46.6 Å². The van der Waals surface area contributed by atoms with Gasteiger partial charge in [0, 0.05) is 7.11 Å². The minimum absolute atomic E-state index is 0.0321. The number of nitrogens with two attached hydrogens (primary N) is 1. The zero-order chi connectivity index (χ0) is 25.8.